The van der Waals surface area contributed by atoms with Crippen molar-refractivity contribution in [3.05, 3.63) is 46.9 Å². The number of aryl methyl sites for hydroxylation is 3. The molecule has 1 aliphatic heterocycles. The van der Waals surface area contributed by atoms with E-state index >= 15 is 0 Å². The van der Waals surface area contributed by atoms with Gasteiger partial charge in [0.1, 0.15) is 16.4 Å². The predicted molar refractivity (Wildman–Crippen MR) is 109 cm³/mol. The van der Waals surface area contributed by atoms with Gasteiger partial charge in [-0.05, 0) is 39.3 Å². The maximum atomic E-state index is 13.8. The van der Waals surface area contributed by atoms with Crippen LogP contribution in [0.1, 0.15) is 35.9 Å². The minimum absolute atomic E-state index is 0.140. The van der Waals surface area contributed by atoms with E-state index in [1.807, 2.05) is 6.92 Å². The lowest BCUT2D eigenvalue weighted by atomic mass is 10.1. The molecule has 11 heteroatoms. The Morgan fingerprint density at radius 1 is 1.06 bits per heavy atom. The summed E-state index contributed by atoms with van der Waals surface area (Å²) in [6.07, 6.45) is 0. The zero-order valence-electron chi connectivity index (χ0n) is 17.8. The summed E-state index contributed by atoms with van der Waals surface area (Å²) in [6, 6.07) is 4.59. The number of sulfonamides is 1. The van der Waals surface area contributed by atoms with Crippen LogP contribution in [0.4, 0.5) is 4.39 Å². The SMILES string of the molecule is Cc1ccc(-c2noc(C(C)N3CCN(S(=O)(=O)c4c(C)noc4C)CC3)n2)cc1F. The van der Waals surface area contributed by atoms with Crippen molar-refractivity contribution in [2.75, 3.05) is 26.2 Å². The average Bonchev–Trinajstić information content (AvgIpc) is 3.36. The second-order valence-electron chi connectivity index (χ2n) is 7.69. The zero-order chi connectivity index (χ0) is 22.3. The molecule has 3 heterocycles. The molecule has 1 saturated heterocycles. The maximum absolute atomic E-state index is 13.8. The molecule has 4 rings (SSSR count). The van der Waals surface area contributed by atoms with Gasteiger partial charge in [-0.3, -0.25) is 4.90 Å². The number of nitrogens with zero attached hydrogens (tertiary/aromatic N) is 5. The molecule has 0 radical (unpaired) electrons. The highest BCUT2D eigenvalue weighted by atomic mass is 32.2. The normalized spacial score (nSPS) is 17.2. The zero-order valence-corrected chi connectivity index (χ0v) is 18.6. The largest absolute Gasteiger partial charge is 0.360 e. The Balaban J connectivity index is 1.45. The Labute approximate surface area is 179 Å². The van der Waals surface area contributed by atoms with Crippen LogP contribution >= 0.6 is 0 Å². The first kappa shape index (κ1) is 21.6. The second kappa shape index (κ2) is 8.13. The van der Waals surface area contributed by atoms with Crippen LogP contribution in [-0.2, 0) is 10.0 Å². The Bertz CT molecular complexity index is 1180. The van der Waals surface area contributed by atoms with Crippen molar-refractivity contribution in [3.8, 4) is 11.4 Å². The van der Waals surface area contributed by atoms with E-state index < -0.39 is 10.0 Å². The molecule has 31 heavy (non-hydrogen) atoms. The molecule has 1 aromatic carbocycles. The van der Waals surface area contributed by atoms with Gasteiger partial charge in [0.2, 0.25) is 21.7 Å². The highest BCUT2D eigenvalue weighted by Crippen LogP contribution is 2.27. The summed E-state index contributed by atoms with van der Waals surface area (Å²) in [4.78, 5) is 6.63. The van der Waals surface area contributed by atoms with Crippen LogP contribution in [0.3, 0.4) is 0 Å². The van der Waals surface area contributed by atoms with E-state index in [-0.39, 0.29) is 16.8 Å². The lowest BCUT2D eigenvalue weighted by molar-refractivity contribution is 0.124. The second-order valence-corrected chi connectivity index (χ2v) is 9.56. The van der Waals surface area contributed by atoms with Crippen LogP contribution in [0, 0.1) is 26.6 Å². The van der Waals surface area contributed by atoms with Gasteiger partial charge < -0.3 is 9.05 Å². The molecule has 1 atom stereocenters. The fourth-order valence-corrected chi connectivity index (χ4v) is 5.43. The van der Waals surface area contributed by atoms with Gasteiger partial charge in [-0.25, -0.2) is 12.8 Å². The molecule has 9 nitrogen and oxygen atoms in total. The molecule has 1 aliphatic rings. The quantitative estimate of drug-likeness (QED) is 0.585. The number of benzene rings is 1. The van der Waals surface area contributed by atoms with Crippen molar-refractivity contribution < 1.29 is 21.9 Å². The van der Waals surface area contributed by atoms with Crippen molar-refractivity contribution in [2.24, 2.45) is 0 Å². The van der Waals surface area contributed by atoms with Gasteiger partial charge in [0.15, 0.2) is 5.76 Å². The molecule has 0 aliphatic carbocycles. The standard InChI is InChI=1S/C20H24FN5O4S/c1-12-5-6-16(11-17(12)21)19-22-20(30-24-19)14(3)25-7-9-26(10-8-25)31(27,28)18-13(2)23-29-15(18)4/h5-6,11,14H,7-10H2,1-4H3. The number of aromatic nitrogens is 3. The average molecular weight is 450 g/mol. The first-order valence-corrected chi connectivity index (χ1v) is 11.4. The summed E-state index contributed by atoms with van der Waals surface area (Å²) >= 11 is 0. The third kappa shape index (κ3) is 4.00. The third-order valence-electron chi connectivity index (χ3n) is 5.62. The van der Waals surface area contributed by atoms with Crippen LogP contribution in [0.5, 0.6) is 0 Å². The lowest BCUT2D eigenvalue weighted by Gasteiger charge is -2.36. The van der Waals surface area contributed by atoms with Crippen molar-refractivity contribution in [1.29, 1.82) is 0 Å². The number of hydrogen-bond donors (Lipinski definition) is 0. The maximum Gasteiger partial charge on any atom is 0.248 e. The highest BCUT2D eigenvalue weighted by Gasteiger charge is 2.35. The van der Waals surface area contributed by atoms with E-state index in [2.05, 4.69) is 20.2 Å². The molecule has 0 saturated carbocycles. The van der Waals surface area contributed by atoms with E-state index in [0.717, 1.165) is 0 Å². The number of halogens is 1. The predicted octanol–water partition coefficient (Wildman–Crippen LogP) is 2.86. The highest BCUT2D eigenvalue weighted by molar-refractivity contribution is 7.89. The van der Waals surface area contributed by atoms with E-state index in [1.54, 1.807) is 32.9 Å². The Kier molecular flexibility index (Phi) is 5.67. The Hall–Kier alpha value is -2.63. The first-order valence-electron chi connectivity index (χ1n) is 9.95. The summed E-state index contributed by atoms with van der Waals surface area (Å²) in [5.41, 5.74) is 1.45. The molecular weight excluding hydrogens is 425 g/mol. The minimum atomic E-state index is -3.67. The molecule has 0 amide bonds. The van der Waals surface area contributed by atoms with Gasteiger partial charge in [-0.1, -0.05) is 22.4 Å². The van der Waals surface area contributed by atoms with E-state index in [4.69, 9.17) is 9.05 Å². The van der Waals surface area contributed by atoms with E-state index in [1.165, 1.54) is 10.4 Å². The monoisotopic (exact) mass is 449 g/mol. The number of piperazine rings is 1. The Morgan fingerprint density at radius 3 is 2.39 bits per heavy atom. The van der Waals surface area contributed by atoms with Crippen molar-refractivity contribution in [2.45, 2.75) is 38.6 Å². The Morgan fingerprint density at radius 2 is 1.77 bits per heavy atom. The van der Waals surface area contributed by atoms with Crippen LogP contribution in [-0.4, -0.2) is 59.1 Å². The molecule has 2 aromatic heterocycles. The van der Waals surface area contributed by atoms with Gasteiger partial charge in [-0.15, -0.1) is 0 Å². The molecular formula is C20H24FN5O4S. The lowest BCUT2D eigenvalue weighted by Crippen LogP contribution is -2.49. The third-order valence-corrected chi connectivity index (χ3v) is 7.76. The summed E-state index contributed by atoms with van der Waals surface area (Å²) in [5.74, 6) is 0.685. The smallest absolute Gasteiger partial charge is 0.248 e. The van der Waals surface area contributed by atoms with Crippen LogP contribution in [0.2, 0.25) is 0 Å². The van der Waals surface area contributed by atoms with Gasteiger partial charge in [0.25, 0.3) is 0 Å². The van der Waals surface area contributed by atoms with Crippen molar-refractivity contribution in [1.82, 2.24) is 24.5 Å². The van der Waals surface area contributed by atoms with Crippen LogP contribution in [0.15, 0.2) is 32.1 Å². The molecule has 1 fully saturated rings. The molecule has 0 N–H and O–H groups in total. The van der Waals surface area contributed by atoms with Crippen LogP contribution < -0.4 is 0 Å². The van der Waals surface area contributed by atoms with Gasteiger partial charge in [0.05, 0.1) is 6.04 Å². The van der Waals surface area contributed by atoms with Crippen molar-refractivity contribution >= 4 is 10.0 Å². The molecule has 3 aromatic rings. The fourth-order valence-electron chi connectivity index (χ4n) is 3.71. The summed E-state index contributed by atoms with van der Waals surface area (Å²) in [6.45, 7) is 8.47. The number of rotatable bonds is 5. The fraction of sp³-hybridized carbons (Fsp3) is 0.450. The van der Waals surface area contributed by atoms with E-state index in [9.17, 15) is 12.8 Å². The van der Waals surface area contributed by atoms with Crippen LogP contribution in [0.25, 0.3) is 11.4 Å². The minimum Gasteiger partial charge on any atom is -0.360 e. The summed E-state index contributed by atoms with van der Waals surface area (Å²) in [7, 11) is -3.67. The van der Waals surface area contributed by atoms with E-state index in [0.29, 0.717) is 60.5 Å². The van der Waals surface area contributed by atoms with Gasteiger partial charge in [0, 0.05) is 31.7 Å². The summed E-state index contributed by atoms with van der Waals surface area (Å²) < 4.78 is 51.7. The summed E-state index contributed by atoms with van der Waals surface area (Å²) in [5, 5.41) is 7.73. The molecule has 1 unspecified atom stereocenters. The van der Waals surface area contributed by atoms with Gasteiger partial charge >= 0.3 is 0 Å². The molecule has 0 bridgehead atoms. The van der Waals surface area contributed by atoms with Crippen molar-refractivity contribution in [3.63, 3.8) is 0 Å². The molecule has 0 spiro atoms. The van der Waals surface area contributed by atoms with Gasteiger partial charge in [-0.2, -0.15) is 9.29 Å². The topological polar surface area (TPSA) is 106 Å². The molecule has 166 valence electrons. The first-order chi connectivity index (χ1) is 14.7. The number of hydrogen-bond acceptors (Lipinski definition) is 8.